The molecule has 0 aliphatic carbocycles. The van der Waals surface area contributed by atoms with Gasteiger partial charge in [-0.05, 0) is 25.0 Å². The summed E-state index contributed by atoms with van der Waals surface area (Å²) in [5.41, 5.74) is 1.19. The van der Waals surface area contributed by atoms with Gasteiger partial charge in [0, 0.05) is 5.56 Å². The first-order valence-electron chi connectivity index (χ1n) is 4.91. The van der Waals surface area contributed by atoms with Crippen LogP contribution in [0.3, 0.4) is 0 Å². The number of ketones is 1. The number of hydrogen-bond acceptors (Lipinski definition) is 3. The molecular weight excluding hydrogens is 224 g/mol. The predicted molar refractivity (Wildman–Crippen MR) is 59.2 cm³/mol. The molecular formula is C12H12O5. The lowest BCUT2D eigenvalue weighted by atomic mass is 9.94. The second-order valence-corrected chi connectivity index (χ2v) is 3.74. The van der Waals surface area contributed by atoms with Gasteiger partial charge in [0.1, 0.15) is 0 Å². The number of carbonyl (C=O) groups is 3. The first kappa shape index (κ1) is 12.9. The predicted octanol–water partition coefficient (Wildman–Crippen LogP) is 1.45. The summed E-state index contributed by atoms with van der Waals surface area (Å²) in [4.78, 5) is 32.8. The second kappa shape index (κ2) is 4.78. The molecule has 2 N–H and O–H groups in total. The summed E-state index contributed by atoms with van der Waals surface area (Å²) in [6.07, 6.45) is 0. The topological polar surface area (TPSA) is 91.7 Å². The van der Waals surface area contributed by atoms with Gasteiger partial charge >= 0.3 is 11.9 Å². The molecule has 0 saturated carbocycles. The highest BCUT2D eigenvalue weighted by molar-refractivity contribution is 6.00. The maximum Gasteiger partial charge on any atom is 0.322 e. The SMILES string of the molecule is CC(=O)c1ccc(C(C(=O)O)C(=O)O)cc1C. The van der Waals surface area contributed by atoms with Crippen molar-refractivity contribution in [3.8, 4) is 0 Å². The fourth-order valence-corrected chi connectivity index (χ4v) is 1.65. The zero-order valence-electron chi connectivity index (χ0n) is 9.43. The Labute approximate surface area is 97.7 Å². The Morgan fingerprint density at radius 3 is 2.00 bits per heavy atom. The Balaban J connectivity index is 3.24. The van der Waals surface area contributed by atoms with E-state index in [2.05, 4.69) is 0 Å². The van der Waals surface area contributed by atoms with Crippen LogP contribution in [0.5, 0.6) is 0 Å². The van der Waals surface area contributed by atoms with E-state index in [1.807, 2.05) is 0 Å². The molecule has 17 heavy (non-hydrogen) atoms. The van der Waals surface area contributed by atoms with Crippen molar-refractivity contribution >= 4 is 17.7 Å². The van der Waals surface area contributed by atoms with Crippen molar-refractivity contribution in [3.63, 3.8) is 0 Å². The summed E-state index contributed by atoms with van der Waals surface area (Å²) >= 11 is 0. The number of aryl methyl sites for hydroxylation is 1. The molecule has 0 aromatic heterocycles. The van der Waals surface area contributed by atoms with Crippen molar-refractivity contribution in [2.45, 2.75) is 19.8 Å². The van der Waals surface area contributed by atoms with Gasteiger partial charge in [0.2, 0.25) is 0 Å². The number of carboxylic acid groups (broad SMARTS) is 2. The van der Waals surface area contributed by atoms with Crippen LogP contribution in [0, 0.1) is 6.92 Å². The average molecular weight is 236 g/mol. The molecule has 1 aromatic rings. The summed E-state index contributed by atoms with van der Waals surface area (Å²) in [6.45, 7) is 3.04. The Morgan fingerprint density at radius 2 is 1.65 bits per heavy atom. The van der Waals surface area contributed by atoms with Crippen LogP contribution in [0.1, 0.15) is 34.3 Å². The van der Waals surface area contributed by atoms with E-state index in [1.54, 1.807) is 6.92 Å². The number of benzene rings is 1. The van der Waals surface area contributed by atoms with E-state index in [0.29, 0.717) is 11.1 Å². The van der Waals surface area contributed by atoms with E-state index in [0.717, 1.165) is 0 Å². The summed E-state index contributed by atoms with van der Waals surface area (Å²) in [5.74, 6) is -4.59. The van der Waals surface area contributed by atoms with E-state index >= 15 is 0 Å². The smallest absolute Gasteiger partial charge is 0.322 e. The normalized spacial score (nSPS) is 10.3. The number of rotatable bonds is 4. The largest absolute Gasteiger partial charge is 0.480 e. The van der Waals surface area contributed by atoms with Gasteiger partial charge in [-0.3, -0.25) is 14.4 Å². The standard InChI is InChI=1S/C12H12O5/c1-6-5-8(3-4-9(6)7(2)13)10(11(14)15)12(16)17/h3-5,10H,1-2H3,(H,14,15)(H,16,17). The van der Waals surface area contributed by atoms with E-state index in [4.69, 9.17) is 10.2 Å². The monoisotopic (exact) mass is 236 g/mol. The van der Waals surface area contributed by atoms with Crippen LogP contribution in [0.15, 0.2) is 18.2 Å². The molecule has 5 nitrogen and oxygen atoms in total. The van der Waals surface area contributed by atoms with Gasteiger partial charge < -0.3 is 10.2 Å². The zero-order chi connectivity index (χ0) is 13.2. The van der Waals surface area contributed by atoms with Gasteiger partial charge in [-0.15, -0.1) is 0 Å². The van der Waals surface area contributed by atoms with Crippen LogP contribution in [0.25, 0.3) is 0 Å². The molecule has 0 radical (unpaired) electrons. The van der Waals surface area contributed by atoms with Crippen molar-refractivity contribution in [2.75, 3.05) is 0 Å². The number of carbonyl (C=O) groups excluding carboxylic acids is 1. The molecule has 0 aliphatic heterocycles. The van der Waals surface area contributed by atoms with Crippen LogP contribution in [-0.4, -0.2) is 27.9 Å². The molecule has 90 valence electrons. The molecule has 0 fully saturated rings. The quantitative estimate of drug-likeness (QED) is 0.609. The van der Waals surface area contributed by atoms with Crippen LogP contribution >= 0.6 is 0 Å². The van der Waals surface area contributed by atoms with E-state index in [1.165, 1.54) is 25.1 Å². The molecule has 1 rings (SSSR count). The molecule has 0 heterocycles. The fraction of sp³-hybridized carbons (Fsp3) is 0.250. The van der Waals surface area contributed by atoms with E-state index < -0.39 is 17.9 Å². The molecule has 5 heteroatoms. The Morgan fingerprint density at radius 1 is 1.12 bits per heavy atom. The van der Waals surface area contributed by atoms with Crippen LogP contribution < -0.4 is 0 Å². The minimum absolute atomic E-state index is 0.142. The van der Waals surface area contributed by atoms with Crippen molar-refractivity contribution in [3.05, 3.63) is 34.9 Å². The third-order valence-corrected chi connectivity index (χ3v) is 2.46. The highest BCUT2D eigenvalue weighted by Gasteiger charge is 2.28. The third kappa shape index (κ3) is 2.69. The highest BCUT2D eigenvalue weighted by Crippen LogP contribution is 2.20. The minimum atomic E-state index is -1.60. The summed E-state index contributed by atoms with van der Waals surface area (Å²) in [6, 6.07) is 4.23. The molecule has 0 spiro atoms. The van der Waals surface area contributed by atoms with Crippen molar-refractivity contribution in [1.29, 1.82) is 0 Å². The Kier molecular flexibility index (Phi) is 3.62. The molecule has 1 aromatic carbocycles. The van der Waals surface area contributed by atoms with Gasteiger partial charge in [-0.2, -0.15) is 0 Å². The second-order valence-electron chi connectivity index (χ2n) is 3.74. The molecule has 0 saturated heterocycles. The van der Waals surface area contributed by atoms with Crippen LogP contribution in [-0.2, 0) is 9.59 Å². The maximum absolute atomic E-state index is 11.2. The van der Waals surface area contributed by atoms with E-state index in [-0.39, 0.29) is 11.3 Å². The van der Waals surface area contributed by atoms with Gasteiger partial charge in [0.05, 0.1) is 0 Å². The summed E-state index contributed by atoms with van der Waals surface area (Å²) in [7, 11) is 0. The van der Waals surface area contributed by atoms with E-state index in [9.17, 15) is 14.4 Å². The number of Topliss-reactive ketones (excluding diaryl/α,β-unsaturated/α-hetero) is 1. The lowest BCUT2D eigenvalue weighted by Crippen LogP contribution is -2.21. The molecule has 0 bridgehead atoms. The molecule has 0 aliphatic rings. The highest BCUT2D eigenvalue weighted by atomic mass is 16.4. The fourth-order valence-electron chi connectivity index (χ4n) is 1.65. The first-order valence-corrected chi connectivity index (χ1v) is 4.91. The van der Waals surface area contributed by atoms with Crippen molar-refractivity contribution in [2.24, 2.45) is 0 Å². The molecule has 0 atom stereocenters. The average Bonchev–Trinajstić information content (AvgIpc) is 2.15. The Bertz CT molecular complexity index is 476. The van der Waals surface area contributed by atoms with Crippen LogP contribution in [0.4, 0.5) is 0 Å². The zero-order valence-corrected chi connectivity index (χ0v) is 9.43. The lowest BCUT2D eigenvalue weighted by Gasteiger charge is -2.10. The van der Waals surface area contributed by atoms with Crippen molar-refractivity contribution < 1.29 is 24.6 Å². The molecule has 0 unspecified atom stereocenters. The number of hydrogen-bond donors (Lipinski definition) is 2. The summed E-state index contributed by atoms with van der Waals surface area (Å²) < 4.78 is 0. The lowest BCUT2D eigenvalue weighted by molar-refractivity contribution is -0.150. The van der Waals surface area contributed by atoms with Gasteiger partial charge in [0.15, 0.2) is 11.7 Å². The maximum atomic E-state index is 11.2. The van der Waals surface area contributed by atoms with Gasteiger partial charge in [-0.25, -0.2) is 0 Å². The first-order chi connectivity index (χ1) is 7.84. The molecule has 0 amide bonds. The van der Waals surface area contributed by atoms with Crippen LogP contribution in [0.2, 0.25) is 0 Å². The van der Waals surface area contributed by atoms with Gasteiger partial charge in [-0.1, -0.05) is 18.2 Å². The van der Waals surface area contributed by atoms with Gasteiger partial charge in [0.25, 0.3) is 0 Å². The number of aliphatic carboxylic acids is 2. The third-order valence-electron chi connectivity index (χ3n) is 2.46. The summed E-state index contributed by atoms with van der Waals surface area (Å²) in [5, 5.41) is 17.6. The van der Waals surface area contributed by atoms with Crippen molar-refractivity contribution in [1.82, 2.24) is 0 Å². The Hall–Kier alpha value is -2.17. The number of carboxylic acids is 2. The minimum Gasteiger partial charge on any atom is -0.480 e.